The first-order valence-electron chi connectivity index (χ1n) is 11.1. The van der Waals surface area contributed by atoms with Gasteiger partial charge in [-0.3, -0.25) is 4.98 Å². The van der Waals surface area contributed by atoms with Gasteiger partial charge in [-0.05, 0) is 37.7 Å². The van der Waals surface area contributed by atoms with E-state index in [1.807, 2.05) is 54.7 Å². The molecule has 3 heterocycles. The predicted octanol–water partition coefficient (Wildman–Crippen LogP) is 3.67. The number of pyridine rings is 1. The highest BCUT2D eigenvalue weighted by molar-refractivity contribution is 5.78. The van der Waals surface area contributed by atoms with Crippen molar-refractivity contribution < 1.29 is 10.2 Å². The van der Waals surface area contributed by atoms with E-state index >= 15 is 0 Å². The highest BCUT2D eigenvalue weighted by Crippen LogP contribution is 2.37. The summed E-state index contributed by atoms with van der Waals surface area (Å²) in [6.07, 6.45) is 6.58. The van der Waals surface area contributed by atoms with Crippen molar-refractivity contribution in [2.45, 2.75) is 37.7 Å². The Bertz CT molecular complexity index is 1200. The quantitative estimate of drug-likeness (QED) is 0.447. The summed E-state index contributed by atoms with van der Waals surface area (Å²) in [5.41, 5.74) is 11.8. The molecule has 7 heteroatoms. The molecule has 5 rings (SSSR count). The number of rotatable bonds is 5. The molecule has 32 heavy (non-hydrogen) atoms. The number of fused-ring (bicyclic) bond motifs is 1. The summed E-state index contributed by atoms with van der Waals surface area (Å²) in [6, 6.07) is 16.0. The van der Waals surface area contributed by atoms with E-state index in [2.05, 4.69) is 10.1 Å². The van der Waals surface area contributed by atoms with Crippen LogP contribution in [0.3, 0.4) is 0 Å². The highest BCUT2D eigenvalue weighted by Gasteiger charge is 2.28. The van der Waals surface area contributed by atoms with Crippen molar-refractivity contribution in [3.05, 3.63) is 66.6 Å². The monoisotopic (exact) mass is 429 g/mol. The summed E-state index contributed by atoms with van der Waals surface area (Å²) in [5, 5.41) is 23.6. The molecule has 0 amide bonds. The van der Waals surface area contributed by atoms with Crippen LogP contribution in [0.2, 0.25) is 0 Å². The van der Waals surface area contributed by atoms with Crippen molar-refractivity contribution in [1.82, 2.24) is 19.6 Å². The standard InChI is InChI=1S/C25H27N5O2/c26-24-12-22(17-6-8-18(9-7-17)23(32)15-31)29-25-20(14-28-30(24)25)19-10-11-21(27-13-19)16-4-2-1-3-5-16/h1-5,10-14,17-18,23,31-32H,6-9,15,26H2. The molecule has 0 spiro atoms. The topological polar surface area (TPSA) is 110 Å². The lowest BCUT2D eigenvalue weighted by Crippen LogP contribution is -2.28. The maximum absolute atomic E-state index is 9.95. The molecule has 0 bridgehead atoms. The van der Waals surface area contributed by atoms with Crippen LogP contribution in [0.1, 0.15) is 37.3 Å². The van der Waals surface area contributed by atoms with Crippen LogP contribution in [0.15, 0.2) is 60.9 Å². The first-order chi connectivity index (χ1) is 15.6. The number of anilines is 1. The van der Waals surface area contributed by atoms with Gasteiger partial charge in [0.1, 0.15) is 5.82 Å². The number of hydrogen-bond donors (Lipinski definition) is 3. The predicted molar refractivity (Wildman–Crippen MR) is 124 cm³/mol. The minimum atomic E-state index is -0.635. The fourth-order valence-electron chi connectivity index (χ4n) is 4.70. The summed E-state index contributed by atoms with van der Waals surface area (Å²) in [4.78, 5) is 9.59. The third-order valence-electron chi connectivity index (χ3n) is 6.58. The fourth-order valence-corrected chi connectivity index (χ4v) is 4.70. The van der Waals surface area contributed by atoms with Crippen LogP contribution < -0.4 is 5.73 Å². The zero-order chi connectivity index (χ0) is 22.1. The molecule has 1 saturated carbocycles. The van der Waals surface area contributed by atoms with E-state index in [4.69, 9.17) is 10.7 Å². The number of nitrogens with zero attached hydrogens (tertiary/aromatic N) is 4. The molecule has 1 aliphatic carbocycles. The van der Waals surface area contributed by atoms with Crippen LogP contribution in [-0.4, -0.2) is 42.5 Å². The average molecular weight is 430 g/mol. The van der Waals surface area contributed by atoms with Gasteiger partial charge in [-0.15, -0.1) is 0 Å². The van der Waals surface area contributed by atoms with Gasteiger partial charge >= 0.3 is 0 Å². The zero-order valence-electron chi connectivity index (χ0n) is 17.8. The third-order valence-corrected chi connectivity index (χ3v) is 6.58. The second kappa shape index (κ2) is 8.68. The Balaban J connectivity index is 1.44. The van der Waals surface area contributed by atoms with Crippen molar-refractivity contribution in [2.75, 3.05) is 12.3 Å². The Morgan fingerprint density at radius 3 is 2.47 bits per heavy atom. The first kappa shape index (κ1) is 20.6. The minimum absolute atomic E-state index is 0.150. The van der Waals surface area contributed by atoms with E-state index in [1.54, 1.807) is 10.7 Å². The van der Waals surface area contributed by atoms with Crippen LogP contribution in [0, 0.1) is 5.92 Å². The Labute approximate surface area is 186 Å². The molecule has 1 aliphatic rings. The zero-order valence-corrected chi connectivity index (χ0v) is 17.8. The van der Waals surface area contributed by atoms with E-state index in [0.29, 0.717) is 5.82 Å². The largest absolute Gasteiger partial charge is 0.394 e. The number of aromatic nitrogens is 4. The fraction of sp³-hybridized carbons (Fsp3) is 0.320. The van der Waals surface area contributed by atoms with Crippen molar-refractivity contribution in [3.63, 3.8) is 0 Å². The van der Waals surface area contributed by atoms with Gasteiger partial charge in [0.25, 0.3) is 0 Å². The number of aliphatic hydroxyl groups is 2. The van der Waals surface area contributed by atoms with E-state index in [1.165, 1.54) is 0 Å². The molecule has 1 atom stereocenters. The van der Waals surface area contributed by atoms with Gasteiger partial charge in [-0.25, -0.2) is 4.98 Å². The minimum Gasteiger partial charge on any atom is -0.394 e. The summed E-state index contributed by atoms with van der Waals surface area (Å²) in [7, 11) is 0. The number of benzene rings is 1. The van der Waals surface area contributed by atoms with Crippen molar-refractivity contribution >= 4 is 11.5 Å². The van der Waals surface area contributed by atoms with Gasteiger partial charge < -0.3 is 15.9 Å². The average Bonchev–Trinajstić information content (AvgIpc) is 3.29. The molecule has 4 aromatic rings. The molecule has 1 fully saturated rings. The molecule has 7 nitrogen and oxygen atoms in total. The van der Waals surface area contributed by atoms with Gasteiger partial charge in [0, 0.05) is 40.6 Å². The van der Waals surface area contributed by atoms with Gasteiger partial charge in [0.15, 0.2) is 5.65 Å². The maximum Gasteiger partial charge on any atom is 0.165 e. The third kappa shape index (κ3) is 3.85. The van der Waals surface area contributed by atoms with Crippen LogP contribution in [-0.2, 0) is 0 Å². The molecule has 4 N–H and O–H groups in total. The second-order valence-corrected chi connectivity index (χ2v) is 8.56. The normalized spacial score (nSPS) is 19.8. The lowest BCUT2D eigenvalue weighted by Gasteiger charge is -2.30. The lowest BCUT2D eigenvalue weighted by molar-refractivity contribution is 0.0300. The second-order valence-electron chi connectivity index (χ2n) is 8.56. The molecular formula is C25H27N5O2. The summed E-state index contributed by atoms with van der Waals surface area (Å²) in [5.74, 6) is 0.991. The van der Waals surface area contributed by atoms with Gasteiger partial charge in [-0.1, -0.05) is 36.4 Å². The van der Waals surface area contributed by atoms with Gasteiger partial charge in [0.05, 0.1) is 24.6 Å². The van der Waals surface area contributed by atoms with Crippen LogP contribution in [0.25, 0.3) is 28.0 Å². The molecule has 1 unspecified atom stereocenters. The number of nitrogens with two attached hydrogens (primary N) is 1. The van der Waals surface area contributed by atoms with Crippen molar-refractivity contribution in [3.8, 4) is 22.4 Å². The molecular weight excluding hydrogens is 402 g/mol. The summed E-state index contributed by atoms with van der Waals surface area (Å²) >= 11 is 0. The molecule has 0 saturated heterocycles. The lowest BCUT2D eigenvalue weighted by atomic mass is 9.78. The molecule has 3 aromatic heterocycles. The smallest absolute Gasteiger partial charge is 0.165 e. The SMILES string of the molecule is Nc1cc(C2CCC(C(O)CO)CC2)nc2c(-c3ccc(-c4ccccc4)nc3)cnn12. The molecule has 0 radical (unpaired) electrons. The van der Waals surface area contributed by atoms with Crippen LogP contribution in [0.5, 0.6) is 0 Å². The van der Waals surface area contributed by atoms with Gasteiger partial charge in [-0.2, -0.15) is 9.61 Å². The van der Waals surface area contributed by atoms with Crippen LogP contribution in [0.4, 0.5) is 5.82 Å². The molecule has 1 aromatic carbocycles. The first-order valence-corrected chi connectivity index (χ1v) is 11.1. The Morgan fingerprint density at radius 2 is 1.78 bits per heavy atom. The van der Waals surface area contributed by atoms with Crippen molar-refractivity contribution in [2.24, 2.45) is 5.92 Å². The van der Waals surface area contributed by atoms with Crippen LogP contribution >= 0.6 is 0 Å². The summed E-state index contributed by atoms with van der Waals surface area (Å²) in [6.45, 7) is -0.178. The highest BCUT2D eigenvalue weighted by atomic mass is 16.3. The number of nitrogen functional groups attached to an aromatic ring is 1. The molecule has 0 aliphatic heterocycles. The molecule has 164 valence electrons. The van der Waals surface area contributed by atoms with E-state index < -0.39 is 6.10 Å². The van der Waals surface area contributed by atoms with E-state index in [9.17, 15) is 10.2 Å². The number of aliphatic hydroxyl groups excluding tert-OH is 2. The van der Waals surface area contributed by atoms with E-state index in [-0.39, 0.29) is 18.4 Å². The summed E-state index contributed by atoms with van der Waals surface area (Å²) < 4.78 is 1.67. The van der Waals surface area contributed by atoms with Gasteiger partial charge in [0.2, 0.25) is 0 Å². The number of hydrogen-bond acceptors (Lipinski definition) is 6. The Morgan fingerprint density at radius 1 is 1.00 bits per heavy atom. The Hall–Kier alpha value is -3.29. The Kier molecular flexibility index (Phi) is 5.59. The van der Waals surface area contributed by atoms with Crippen molar-refractivity contribution in [1.29, 1.82) is 0 Å². The maximum atomic E-state index is 9.95. The van der Waals surface area contributed by atoms with E-state index in [0.717, 1.165) is 59.4 Å².